The van der Waals surface area contributed by atoms with E-state index in [-0.39, 0.29) is 6.04 Å². The summed E-state index contributed by atoms with van der Waals surface area (Å²) in [5, 5.41) is 5.65. The van der Waals surface area contributed by atoms with Crippen molar-refractivity contribution < 1.29 is 14.3 Å². The van der Waals surface area contributed by atoms with Crippen molar-refractivity contribution in [1.82, 2.24) is 5.32 Å². The van der Waals surface area contributed by atoms with Gasteiger partial charge < -0.3 is 10.1 Å². The number of esters is 1. The first-order chi connectivity index (χ1) is 11.9. The quantitative estimate of drug-likeness (QED) is 0.558. The number of hydrogen-bond donors (Lipinski definition) is 1. The Bertz CT molecular complexity index is 775. The third-order valence-electron chi connectivity index (χ3n) is 3.38. The van der Waals surface area contributed by atoms with Gasteiger partial charge >= 0.3 is 5.97 Å². The lowest BCUT2D eigenvalue weighted by atomic mass is 10.1. The van der Waals surface area contributed by atoms with Gasteiger partial charge in [-0.2, -0.15) is 0 Å². The fourth-order valence-electron chi connectivity index (χ4n) is 2.06. The van der Waals surface area contributed by atoms with Gasteiger partial charge in [-0.3, -0.25) is 4.79 Å². The molecule has 0 radical (unpaired) electrons. The topological polar surface area (TPSA) is 55.4 Å². The van der Waals surface area contributed by atoms with E-state index < -0.39 is 18.0 Å². The molecule has 7 heteroatoms. The molecule has 25 heavy (non-hydrogen) atoms. The molecule has 1 amide bonds. The zero-order valence-corrected chi connectivity index (χ0v) is 16.0. The summed E-state index contributed by atoms with van der Waals surface area (Å²) in [6.45, 7) is 3.31. The fourth-order valence-corrected chi connectivity index (χ4v) is 3.25. The standard InChI is InChI=1S/C18H17Cl2NO3S/c1-11(15-7-5-13(19)10-16(15)20)21-18(23)12(2)24-17(22)8-6-14-4-3-9-25-14/h3-12H,1-2H3,(H,21,23)/b8-6+/t11-,12+/m0/s1. The Labute approximate surface area is 160 Å². The molecule has 2 aromatic rings. The molecule has 0 aliphatic heterocycles. The molecule has 1 aromatic heterocycles. The predicted molar refractivity (Wildman–Crippen MR) is 102 cm³/mol. The highest BCUT2D eigenvalue weighted by Gasteiger charge is 2.20. The Kier molecular flexibility index (Phi) is 7.05. The van der Waals surface area contributed by atoms with E-state index >= 15 is 0 Å². The Balaban J connectivity index is 1.89. The van der Waals surface area contributed by atoms with Crippen LogP contribution in [-0.4, -0.2) is 18.0 Å². The normalized spacial score (nSPS) is 13.4. The number of benzene rings is 1. The van der Waals surface area contributed by atoms with Gasteiger partial charge in [0.1, 0.15) is 0 Å². The van der Waals surface area contributed by atoms with Crippen LogP contribution < -0.4 is 5.32 Å². The number of nitrogens with one attached hydrogen (secondary N) is 1. The lowest BCUT2D eigenvalue weighted by Gasteiger charge is -2.19. The molecule has 2 atom stereocenters. The van der Waals surface area contributed by atoms with Crippen molar-refractivity contribution in [3.63, 3.8) is 0 Å². The van der Waals surface area contributed by atoms with Crippen molar-refractivity contribution in [2.24, 2.45) is 0 Å². The lowest BCUT2D eigenvalue weighted by Crippen LogP contribution is -2.37. The van der Waals surface area contributed by atoms with E-state index in [4.69, 9.17) is 27.9 Å². The minimum atomic E-state index is -0.922. The van der Waals surface area contributed by atoms with Gasteiger partial charge in [-0.1, -0.05) is 35.3 Å². The highest BCUT2D eigenvalue weighted by atomic mass is 35.5. The highest BCUT2D eigenvalue weighted by Crippen LogP contribution is 2.26. The summed E-state index contributed by atoms with van der Waals surface area (Å²) in [6.07, 6.45) is 2.03. The summed E-state index contributed by atoms with van der Waals surface area (Å²) >= 11 is 13.5. The Morgan fingerprint density at radius 2 is 2.00 bits per heavy atom. The molecule has 4 nitrogen and oxygen atoms in total. The first-order valence-corrected chi connectivity index (χ1v) is 9.18. The van der Waals surface area contributed by atoms with Crippen LogP contribution in [0.2, 0.25) is 10.0 Å². The zero-order chi connectivity index (χ0) is 18.4. The van der Waals surface area contributed by atoms with Crippen molar-refractivity contribution >= 4 is 52.5 Å². The van der Waals surface area contributed by atoms with Crippen LogP contribution in [0.1, 0.15) is 30.3 Å². The second kappa shape index (κ2) is 9.04. The van der Waals surface area contributed by atoms with E-state index in [1.807, 2.05) is 17.5 Å². The summed E-state index contributed by atoms with van der Waals surface area (Å²) in [5.74, 6) is -0.982. The van der Waals surface area contributed by atoms with E-state index in [0.29, 0.717) is 10.0 Å². The molecule has 0 fully saturated rings. The Morgan fingerprint density at radius 1 is 1.24 bits per heavy atom. The van der Waals surface area contributed by atoms with Crippen molar-refractivity contribution in [2.75, 3.05) is 0 Å². The number of amides is 1. The second-order valence-corrected chi connectivity index (χ2v) is 7.15. The van der Waals surface area contributed by atoms with Gasteiger partial charge in [-0.15, -0.1) is 11.3 Å². The van der Waals surface area contributed by atoms with Crippen molar-refractivity contribution in [3.8, 4) is 0 Å². The third kappa shape index (κ3) is 5.88. The summed E-state index contributed by atoms with van der Waals surface area (Å²) in [6, 6.07) is 8.47. The van der Waals surface area contributed by atoms with Crippen LogP contribution in [0.3, 0.4) is 0 Å². The first-order valence-electron chi connectivity index (χ1n) is 7.54. The van der Waals surface area contributed by atoms with E-state index in [1.165, 1.54) is 24.3 Å². The summed E-state index contributed by atoms with van der Waals surface area (Å²) in [7, 11) is 0. The van der Waals surface area contributed by atoms with Crippen molar-refractivity contribution in [1.29, 1.82) is 0 Å². The van der Waals surface area contributed by atoms with Gasteiger partial charge in [0.05, 0.1) is 6.04 Å². The van der Waals surface area contributed by atoms with Crippen LogP contribution in [0.4, 0.5) is 0 Å². The molecular formula is C18H17Cl2NO3S. The number of rotatable bonds is 6. The maximum atomic E-state index is 12.2. The minimum absolute atomic E-state index is 0.347. The van der Waals surface area contributed by atoms with E-state index in [9.17, 15) is 9.59 Å². The number of halogens is 2. The molecule has 0 aliphatic rings. The monoisotopic (exact) mass is 397 g/mol. The third-order valence-corrected chi connectivity index (χ3v) is 4.78. The van der Waals surface area contributed by atoms with Crippen LogP contribution in [0.25, 0.3) is 6.08 Å². The zero-order valence-electron chi connectivity index (χ0n) is 13.7. The highest BCUT2D eigenvalue weighted by molar-refractivity contribution is 7.10. The molecule has 1 N–H and O–H groups in total. The van der Waals surface area contributed by atoms with Crippen LogP contribution in [0, 0.1) is 0 Å². The van der Waals surface area contributed by atoms with E-state index in [0.717, 1.165) is 10.4 Å². The molecule has 0 unspecified atom stereocenters. The average Bonchev–Trinajstić information content (AvgIpc) is 3.06. The van der Waals surface area contributed by atoms with E-state index in [2.05, 4.69) is 5.32 Å². The fraction of sp³-hybridized carbons (Fsp3) is 0.222. The molecule has 1 aromatic carbocycles. The summed E-state index contributed by atoms with van der Waals surface area (Å²) < 4.78 is 5.11. The molecule has 132 valence electrons. The van der Waals surface area contributed by atoms with Gasteiger partial charge in [0.25, 0.3) is 5.91 Å². The Hall–Kier alpha value is -1.82. The molecule has 0 saturated carbocycles. The van der Waals surface area contributed by atoms with Crippen molar-refractivity contribution in [2.45, 2.75) is 26.0 Å². The van der Waals surface area contributed by atoms with Gasteiger partial charge in [0.2, 0.25) is 0 Å². The Morgan fingerprint density at radius 3 is 2.64 bits per heavy atom. The summed E-state index contributed by atoms with van der Waals surface area (Å²) in [4.78, 5) is 24.9. The average molecular weight is 398 g/mol. The maximum Gasteiger partial charge on any atom is 0.331 e. The molecular weight excluding hydrogens is 381 g/mol. The van der Waals surface area contributed by atoms with Crippen LogP contribution >= 0.6 is 34.5 Å². The maximum absolute atomic E-state index is 12.2. The SMILES string of the molecule is C[C@H](NC(=O)[C@@H](C)OC(=O)/C=C/c1cccs1)c1ccc(Cl)cc1Cl. The van der Waals surface area contributed by atoms with Crippen LogP contribution in [-0.2, 0) is 14.3 Å². The molecule has 0 bridgehead atoms. The minimum Gasteiger partial charge on any atom is -0.449 e. The van der Waals surface area contributed by atoms with Crippen molar-refractivity contribution in [3.05, 3.63) is 62.3 Å². The van der Waals surface area contributed by atoms with E-state index in [1.54, 1.807) is 31.2 Å². The number of ether oxygens (including phenoxy) is 1. The molecule has 0 saturated heterocycles. The number of thiophene rings is 1. The van der Waals surface area contributed by atoms with Gasteiger partial charge in [-0.05, 0) is 49.1 Å². The summed E-state index contributed by atoms with van der Waals surface area (Å²) in [5.41, 5.74) is 0.732. The molecule has 0 spiro atoms. The molecule has 2 rings (SSSR count). The number of hydrogen-bond acceptors (Lipinski definition) is 4. The van der Waals surface area contributed by atoms with Gasteiger partial charge in [0, 0.05) is 21.0 Å². The van der Waals surface area contributed by atoms with Gasteiger partial charge in [0.15, 0.2) is 6.10 Å². The predicted octanol–water partition coefficient (Wildman–Crippen LogP) is 4.88. The number of carbonyl (C=O) groups excluding carboxylic acids is 2. The van der Waals surface area contributed by atoms with Crippen LogP contribution in [0.5, 0.6) is 0 Å². The van der Waals surface area contributed by atoms with Gasteiger partial charge in [-0.25, -0.2) is 4.79 Å². The first kappa shape index (κ1) is 19.5. The molecule has 1 heterocycles. The second-order valence-electron chi connectivity index (χ2n) is 5.32. The molecule has 0 aliphatic carbocycles. The lowest BCUT2D eigenvalue weighted by molar-refractivity contribution is -0.150. The smallest absolute Gasteiger partial charge is 0.331 e. The largest absolute Gasteiger partial charge is 0.449 e. The number of carbonyl (C=O) groups is 2. The van der Waals surface area contributed by atoms with Crippen LogP contribution in [0.15, 0.2) is 41.8 Å².